The minimum absolute atomic E-state index is 0.0133. The van der Waals surface area contributed by atoms with Crippen molar-refractivity contribution in [3.05, 3.63) is 165 Å². The van der Waals surface area contributed by atoms with Crippen molar-refractivity contribution in [2.45, 2.75) is 64.2 Å². The maximum atomic E-state index is 12.8. The molecule has 0 aliphatic rings. The molecule has 0 saturated carbocycles. The molecule has 4 atom stereocenters. The molecule has 0 fully saturated rings. The minimum Gasteiger partial charge on any atom is -0.324 e. The monoisotopic (exact) mass is 766 g/mol. The van der Waals surface area contributed by atoms with Gasteiger partial charge in [-0.2, -0.15) is 26.3 Å². The van der Waals surface area contributed by atoms with Crippen LogP contribution in [0.3, 0.4) is 0 Å². The Morgan fingerprint density at radius 3 is 1.23 bits per heavy atom. The van der Waals surface area contributed by atoms with E-state index >= 15 is 0 Å². The topological polar surface area (TPSA) is 104 Å². The van der Waals surface area contributed by atoms with Gasteiger partial charge in [-0.05, 0) is 97.5 Å². The molecule has 0 aliphatic heterocycles. The van der Waals surface area contributed by atoms with Crippen molar-refractivity contribution < 1.29 is 35.1 Å². The number of rotatable bonds is 5. The summed E-state index contributed by atoms with van der Waals surface area (Å²) in [4.78, 5) is 0. The molecule has 8 N–H and O–H groups in total. The molecule has 5 aromatic rings. The number of hydrogen-bond donors (Lipinski definition) is 4. The molecular formula is C40H43ClF8N4. The van der Waals surface area contributed by atoms with Gasteiger partial charge in [0.2, 0.25) is 0 Å². The Kier molecular flexibility index (Phi) is 17.1. The maximum absolute atomic E-state index is 12.8. The third-order valence-corrected chi connectivity index (χ3v) is 7.91. The third-order valence-electron chi connectivity index (χ3n) is 7.58. The summed E-state index contributed by atoms with van der Waals surface area (Å²) in [6.07, 6.45) is -9.10. The minimum atomic E-state index is -4.67. The molecule has 0 saturated heterocycles. The SMILES string of the molecule is CC(N)c1ccc(-c2ccccc2)cc1.CC(N)c1ccc(Cl)c(C(F)(F)F)c1.CC(N)c1ccc(F)c(C(F)(F)F)c1.CC(N)c1ccc(F)cc1. The molecular weight excluding hydrogens is 724 g/mol. The molecule has 4 unspecified atom stereocenters. The third kappa shape index (κ3) is 14.9. The highest BCUT2D eigenvalue weighted by atomic mass is 35.5. The van der Waals surface area contributed by atoms with Gasteiger partial charge in [-0.25, -0.2) is 8.78 Å². The van der Waals surface area contributed by atoms with E-state index in [0.29, 0.717) is 5.56 Å². The van der Waals surface area contributed by atoms with E-state index in [1.54, 1.807) is 19.1 Å². The summed E-state index contributed by atoms with van der Waals surface area (Å²) in [5, 5.41) is -0.304. The summed E-state index contributed by atoms with van der Waals surface area (Å²) in [6.45, 7) is 7.02. The van der Waals surface area contributed by atoms with E-state index < -0.39 is 41.4 Å². The first-order valence-corrected chi connectivity index (χ1v) is 16.7. The van der Waals surface area contributed by atoms with Crippen LogP contribution in [0, 0.1) is 11.6 Å². The lowest BCUT2D eigenvalue weighted by Crippen LogP contribution is -2.11. The van der Waals surface area contributed by atoms with Gasteiger partial charge in [0.25, 0.3) is 0 Å². The van der Waals surface area contributed by atoms with Crippen LogP contribution < -0.4 is 22.9 Å². The molecule has 5 aromatic carbocycles. The highest BCUT2D eigenvalue weighted by Gasteiger charge is 2.34. The van der Waals surface area contributed by atoms with Crippen LogP contribution in [-0.2, 0) is 12.4 Å². The molecule has 5 rings (SSSR count). The van der Waals surface area contributed by atoms with Crippen LogP contribution in [0.5, 0.6) is 0 Å². The van der Waals surface area contributed by atoms with E-state index in [1.165, 1.54) is 53.9 Å². The molecule has 0 aromatic heterocycles. The standard InChI is InChI=1S/C14H15N.C9H9ClF3N.C9H9F4N.C8H10FN/c1-11(15)12-7-9-14(10-8-12)13-5-3-2-4-6-13;2*1-5(14)6-2-3-8(10)7(4-6)9(11,12)13;1-6(10)7-2-4-8(9)5-3-7/h2-11H,15H2,1H3;2*2-5H,14H2,1H3;2-6H,10H2,1H3. The number of alkyl halides is 6. The Labute approximate surface area is 309 Å². The van der Waals surface area contributed by atoms with Gasteiger partial charge in [0.1, 0.15) is 11.6 Å². The van der Waals surface area contributed by atoms with Gasteiger partial charge in [0, 0.05) is 24.2 Å². The summed E-state index contributed by atoms with van der Waals surface area (Å²) in [6, 6.07) is 30.5. The smallest absolute Gasteiger partial charge is 0.324 e. The van der Waals surface area contributed by atoms with E-state index in [0.717, 1.165) is 23.8 Å². The summed E-state index contributed by atoms with van der Waals surface area (Å²) in [7, 11) is 0. The van der Waals surface area contributed by atoms with Crippen molar-refractivity contribution in [1.29, 1.82) is 0 Å². The Balaban J connectivity index is 0.000000247. The molecule has 13 heteroatoms. The predicted molar refractivity (Wildman–Crippen MR) is 197 cm³/mol. The molecule has 0 bridgehead atoms. The van der Waals surface area contributed by atoms with Crippen molar-refractivity contribution >= 4 is 11.6 Å². The summed E-state index contributed by atoms with van der Waals surface area (Å²) >= 11 is 5.42. The number of benzene rings is 5. The Morgan fingerprint density at radius 2 is 0.811 bits per heavy atom. The normalized spacial score (nSPS) is 13.5. The molecule has 53 heavy (non-hydrogen) atoms. The van der Waals surface area contributed by atoms with E-state index in [1.807, 2.05) is 19.9 Å². The zero-order valence-electron chi connectivity index (χ0n) is 29.5. The fourth-order valence-electron chi connectivity index (χ4n) is 4.46. The van der Waals surface area contributed by atoms with E-state index in [2.05, 4.69) is 48.5 Å². The van der Waals surface area contributed by atoms with Gasteiger partial charge in [-0.1, -0.05) is 90.5 Å². The van der Waals surface area contributed by atoms with Crippen LogP contribution in [0.2, 0.25) is 5.02 Å². The molecule has 0 amide bonds. The molecule has 286 valence electrons. The summed E-state index contributed by atoms with van der Waals surface area (Å²) in [5.74, 6) is -1.49. The predicted octanol–water partition coefficient (Wildman–Crippen LogP) is 11.5. The fraction of sp³-hybridized carbons (Fsp3) is 0.250. The Hall–Kier alpha value is -4.33. The van der Waals surface area contributed by atoms with Crippen molar-refractivity contribution in [3.8, 4) is 11.1 Å². The quantitative estimate of drug-likeness (QED) is 0.134. The number of nitrogens with two attached hydrogens (primary N) is 4. The molecule has 0 spiro atoms. The fourth-order valence-corrected chi connectivity index (χ4v) is 4.69. The first kappa shape index (κ1) is 44.8. The van der Waals surface area contributed by atoms with Gasteiger partial charge in [-0.3, -0.25) is 0 Å². The maximum Gasteiger partial charge on any atom is 0.419 e. The van der Waals surface area contributed by atoms with Crippen LogP contribution in [0.25, 0.3) is 11.1 Å². The molecule has 0 heterocycles. The highest BCUT2D eigenvalue weighted by molar-refractivity contribution is 6.31. The van der Waals surface area contributed by atoms with Crippen LogP contribution in [0.4, 0.5) is 35.1 Å². The van der Waals surface area contributed by atoms with Crippen LogP contribution in [0.1, 0.15) is 85.2 Å². The first-order valence-electron chi connectivity index (χ1n) is 16.3. The van der Waals surface area contributed by atoms with Crippen molar-refractivity contribution in [2.24, 2.45) is 22.9 Å². The van der Waals surface area contributed by atoms with Crippen LogP contribution in [0.15, 0.2) is 115 Å². The highest BCUT2D eigenvalue weighted by Crippen LogP contribution is 2.36. The zero-order chi connectivity index (χ0) is 40.1. The van der Waals surface area contributed by atoms with E-state index in [-0.39, 0.29) is 28.5 Å². The lowest BCUT2D eigenvalue weighted by atomic mass is 10.0. The number of halogens is 9. The van der Waals surface area contributed by atoms with Crippen LogP contribution >= 0.6 is 11.6 Å². The summed E-state index contributed by atoms with van der Waals surface area (Å²) in [5.41, 5.74) is 25.4. The van der Waals surface area contributed by atoms with Crippen molar-refractivity contribution in [2.75, 3.05) is 0 Å². The second kappa shape index (κ2) is 20.2. The van der Waals surface area contributed by atoms with Gasteiger partial charge in [-0.15, -0.1) is 0 Å². The summed E-state index contributed by atoms with van der Waals surface area (Å²) < 4.78 is 98.8. The molecule has 0 radical (unpaired) electrons. The Morgan fingerprint density at radius 1 is 0.453 bits per heavy atom. The van der Waals surface area contributed by atoms with E-state index in [9.17, 15) is 35.1 Å². The molecule has 0 aliphatic carbocycles. The number of hydrogen-bond acceptors (Lipinski definition) is 4. The lowest BCUT2D eigenvalue weighted by Gasteiger charge is -2.12. The molecule has 4 nitrogen and oxygen atoms in total. The van der Waals surface area contributed by atoms with Gasteiger partial charge >= 0.3 is 12.4 Å². The average molecular weight is 767 g/mol. The largest absolute Gasteiger partial charge is 0.419 e. The second-order valence-corrected chi connectivity index (χ2v) is 12.6. The van der Waals surface area contributed by atoms with Gasteiger partial charge < -0.3 is 22.9 Å². The van der Waals surface area contributed by atoms with E-state index in [4.69, 9.17) is 34.5 Å². The first-order chi connectivity index (χ1) is 24.6. The zero-order valence-corrected chi connectivity index (χ0v) is 30.2. The lowest BCUT2D eigenvalue weighted by molar-refractivity contribution is -0.140. The van der Waals surface area contributed by atoms with Crippen molar-refractivity contribution in [3.63, 3.8) is 0 Å². The van der Waals surface area contributed by atoms with Crippen LogP contribution in [-0.4, -0.2) is 0 Å². The van der Waals surface area contributed by atoms with Gasteiger partial charge in [0.15, 0.2) is 0 Å². The second-order valence-electron chi connectivity index (χ2n) is 12.2. The Bertz CT molecular complexity index is 1760. The van der Waals surface area contributed by atoms with Gasteiger partial charge in [0.05, 0.1) is 16.1 Å². The average Bonchev–Trinajstić information content (AvgIpc) is 3.09. The van der Waals surface area contributed by atoms with Crippen molar-refractivity contribution in [1.82, 2.24) is 0 Å².